The van der Waals surface area contributed by atoms with Crippen LogP contribution < -0.4 is 15.1 Å². The molecule has 2 aliphatic heterocycles. The summed E-state index contributed by atoms with van der Waals surface area (Å²) in [6.45, 7) is 9.26. The molecule has 2 aromatic carbocycles. The number of ketones is 1. The fourth-order valence-electron chi connectivity index (χ4n) is 5.56. The van der Waals surface area contributed by atoms with E-state index in [4.69, 9.17) is 4.74 Å². The van der Waals surface area contributed by atoms with Crippen LogP contribution in [0.5, 0.6) is 0 Å². The second-order valence-electron chi connectivity index (χ2n) is 10.3. The molecule has 1 amide bonds. The number of nitrogens with zero attached hydrogens (tertiary/aromatic N) is 4. The standard InChI is InChI=1S/C32H33N5O3/c1-22-12-13-33-31(23(22)2)36-16-14-35(15-17-36)26-10-8-25(9-11-26)34-32(39)30(38)29-28(24-6-4-3-5-7-24)20-27-21-40-19-18-37(27)29/h3-13,20H,14-19,21H2,1-2H3,(H,34,39). The molecule has 1 fully saturated rings. The molecular formula is C32H33N5O3. The minimum absolute atomic E-state index is 0.412. The van der Waals surface area contributed by atoms with Crippen LogP contribution in [0.4, 0.5) is 17.2 Å². The largest absolute Gasteiger partial charge is 0.373 e. The van der Waals surface area contributed by atoms with Gasteiger partial charge in [0.15, 0.2) is 0 Å². The minimum Gasteiger partial charge on any atom is -0.373 e. The van der Waals surface area contributed by atoms with Gasteiger partial charge in [-0.2, -0.15) is 0 Å². The first kappa shape index (κ1) is 25.8. The number of ether oxygens (including phenoxy) is 1. The van der Waals surface area contributed by atoms with Gasteiger partial charge in [0.25, 0.3) is 11.7 Å². The van der Waals surface area contributed by atoms with Gasteiger partial charge in [-0.3, -0.25) is 9.59 Å². The number of aromatic nitrogens is 2. The summed E-state index contributed by atoms with van der Waals surface area (Å²) in [4.78, 5) is 35.9. The molecular weight excluding hydrogens is 502 g/mol. The van der Waals surface area contributed by atoms with Crippen molar-refractivity contribution in [3.8, 4) is 11.1 Å². The van der Waals surface area contributed by atoms with Gasteiger partial charge in [-0.15, -0.1) is 0 Å². The molecule has 6 rings (SSSR count). The van der Waals surface area contributed by atoms with Crippen LogP contribution in [0.1, 0.15) is 27.3 Å². The quantitative estimate of drug-likeness (QED) is 0.281. The van der Waals surface area contributed by atoms with Crippen molar-refractivity contribution in [2.45, 2.75) is 27.0 Å². The van der Waals surface area contributed by atoms with Crippen molar-refractivity contribution in [3.63, 3.8) is 0 Å². The number of anilines is 3. The van der Waals surface area contributed by atoms with Gasteiger partial charge in [0.05, 0.1) is 13.2 Å². The van der Waals surface area contributed by atoms with Gasteiger partial charge < -0.3 is 24.4 Å². The first-order valence-electron chi connectivity index (χ1n) is 13.7. The molecule has 1 saturated heterocycles. The van der Waals surface area contributed by atoms with Crippen LogP contribution in [-0.2, 0) is 22.7 Å². The first-order chi connectivity index (χ1) is 19.5. The Hall–Kier alpha value is -4.43. The molecule has 0 saturated carbocycles. The molecule has 40 heavy (non-hydrogen) atoms. The predicted octanol–water partition coefficient (Wildman–Crippen LogP) is 4.85. The van der Waals surface area contributed by atoms with Crippen LogP contribution in [-0.4, -0.2) is 54.0 Å². The van der Waals surface area contributed by atoms with Gasteiger partial charge in [0.1, 0.15) is 11.5 Å². The molecule has 8 nitrogen and oxygen atoms in total. The third-order valence-corrected chi connectivity index (χ3v) is 7.92. The van der Waals surface area contributed by atoms with Crippen LogP contribution >= 0.6 is 0 Å². The van der Waals surface area contributed by atoms with Gasteiger partial charge in [-0.05, 0) is 66.9 Å². The maximum atomic E-state index is 13.5. The van der Waals surface area contributed by atoms with E-state index < -0.39 is 11.7 Å². The number of aryl methyl sites for hydroxylation is 1. The Morgan fingerprint density at radius 1 is 0.875 bits per heavy atom. The molecule has 0 aliphatic carbocycles. The number of hydrogen-bond acceptors (Lipinski definition) is 6. The lowest BCUT2D eigenvalue weighted by Crippen LogP contribution is -2.47. The first-order valence-corrected chi connectivity index (χ1v) is 13.7. The topological polar surface area (TPSA) is 79.7 Å². The summed E-state index contributed by atoms with van der Waals surface area (Å²) in [6, 6.07) is 21.4. The summed E-state index contributed by atoms with van der Waals surface area (Å²) in [7, 11) is 0. The van der Waals surface area contributed by atoms with Crippen molar-refractivity contribution in [3.05, 3.63) is 95.4 Å². The molecule has 4 aromatic rings. The van der Waals surface area contributed by atoms with E-state index in [9.17, 15) is 9.59 Å². The van der Waals surface area contributed by atoms with Gasteiger partial charge in [0, 0.05) is 61.6 Å². The minimum atomic E-state index is -0.646. The lowest BCUT2D eigenvalue weighted by atomic mass is 10.0. The predicted molar refractivity (Wildman–Crippen MR) is 157 cm³/mol. The number of fused-ring (bicyclic) bond motifs is 1. The number of Topliss-reactive ketones (excluding diaryl/α,β-unsaturated/α-hetero) is 1. The smallest absolute Gasteiger partial charge is 0.298 e. The number of amides is 1. The highest BCUT2D eigenvalue weighted by atomic mass is 16.5. The van der Waals surface area contributed by atoms with E-state index in [1.54, 1.807) is 0 Å². The SMILES string of the molecule is Cc1ccnc(N2CCN(c3ccc(NC(=O)C(=O)c4c(-c5ccccc5)cc5n4CCOC5)cc3)CC2)c1C. The second kappa shape index (κ2) is 11.0. The fraction of sp³-hybridized carbons (Fsp3) is 0.281. The lowest BCUT2D eigenvalue weighted by Gasteiger charge is -2.37. The number of nitrogens with one attached hydrogen (secondary N) is 1. The molecule has 0 bridgehead atoms. The molecule has 204 valence electrons. The highest BCUT2D eigenvalue weighted by Crippen LogP contribution is 2.30. The number of pyridine rings is 1. The second-order valence-corrected chi connectivity index (χ2v) is 10.3. The zero-order chi connectivity index (χ0) is 27.6. The van der Waals surface area contributed by atoms with Crippen LogP contribution in [0.2, 0.25) is 0 Å². The summed E-state index contributed by atoms with van der Waals surface area (Å²) >= 11 is 0. The third kappa shape index (κ3) is 4.98. The zero-order valence-electron chi connectivity index (χ0n) is 22.9. The van der Waals surface area contributed by atoms with Gasteiger partial charge in [-0.25, -0.2) is 4.98 Å². The third-order valence-electron chi connectivity index (χ3n) is 7.92. The van der Waals surface area contributed by atoms with Crippen molar-refractivity contribution >= 4 is 28.9 Å². The summed E-state index contributed by atoms with van der Waals surface area (Å²) in [5.74, 6) is -0.131. The van der Waals surface area contributed by atoms with Crippen molar-refractivity contribution in [2.75, 3.05) is 47.9 Å². The molecule has 2 aromatic heterocycles. The Kier molecular flexibility index (Phi) is 7.09. The van der Waals surface area contributed by atoms with E-state index >= 15 is 0 Å². The van der Waals surface area contributed by atoms with Crippen molar-refractivity contribution in [1.29, 1.82) is 0 Å². The average molecular weight is 536 g/mol. The van der Waals surface area contributed by atoms with E-state index in [1.165, 1.54) is 11.1 Å². The Morgan fingerprint density at radius 2 is 1.60 bits per heavy atom. The van der Waals surface area contributed by atoms with E-state index in [1.807, 2.05) is 77.5 Å². The summed E-state index contributed by atoms with van der Waals surface area (Å²) in [5.41, 5.74) is 7.14. The number of rotatable bonds is 6. The highest BCUT2D eigenvalue weighted by molar-refractivity contribution is 6.47. The number of carbonyl (C=O) groups is 2. The van der Waals surface area contributed by atoms with Gasteiger partial charge >= 0.3 is 0 Å². The highest BCUT2D eigenvalue weighted by Gasteiger charge is 2.28. The van der Waals surface area contributed by atoms with Crippen molar-refractivity contribution in [1.82, 2.24) is 9.55 Å². The van der Waals surface area contributed by atoms with Crippen LogP contribution in [0.3, 0.4) is 0 Å². The van der Waals surface area contributed by atoms with E-state index in [-0.39, 0.29) is 0 Å². The Balaban J connectivity index is 1.13. The fourth-order valence-corrected chi connectivity index (χ4v) is 5.56. The van der Waals surface area contributed by atoms with Gasteiger partial charge in [0.2, 0.25) is 0 Å². The molecule has 0 radical (unpaired) electrons. The molecule has 1 N–H and O–H groups in total. The molecule has 0 unspecified atom stereocenters. The molecule has 4 heterocycles. The van der Waals surface area contributed by atoms with Crippen LogP contribution in [0.15, 0.2) is 72.9 Å². The average Bonchev–Trinajstić information content (AvgIpc) is 3.39. The Bertz CT molecular complexity index is 1540. The zero-order valence-corrected chi connectivity index (χ0v) is 22.9. The van der Waals surface area contributed by atoms with E-state index in [0.717, 1.165) is 54.5 Å². The molecule has 0 atom stereocenters. The van der Waals surface area contributed by atoms with E-state index in [0.29, 0.717) is 31.1 Å². The maximum Gasteiger partial charge on any atom is 0.298 e. The molecule has 8 heteroatoms. The number of hydrogen-bond donors (Lipinski definition) is 1. The van der Waals surface area contributed by atoms with Crippen LogP contribution in [0, 0.1) is 13.8 Å². The summed E-state index contributed by atoms with van der Waals surface area (Å²) in [5, 5.41) is 2.82. The maximum absolute atomic E-state index is 13.5. The Morgan fingerprint density at radius 3 is 2.35 bits per heavy atom. The normalized spacial score (nSPS) is 15.1. The molecule has 2 aliphatic rings. The lowest BCUT2D eigenvalue weighted by molar-refractivity contribution is -0.112. The van der Waals surface area contributed by atoms with Crippen molar-refractivity contribution < 1.29 is 14.3 Å². The summed E-state index contributed by atoms with van der Waals surface area (Å²) in [6.07, 6.45) is 1.88. The number of benzene rings is 2. The summed E-state index contributed by atoms with van der Waals surface area (Å²) < 4.78 is 7.51. The van der Waals surface area contributed by atoms with Crippen molar-refractivity contribution in [2.24, 2.45) is 0 Å². The van der Waals surface area contributed by atoms with E-state index in [2.05, 4.69) is 33.9 Å². The monoisotopic (exact) mass is 535 g/mol. The number of piperazine rings is 1. The molecule has 0 spiro atoms. The van der Waals surface area contributed by atoms with Gasteiger partial charge in [-0.1, -0.05) is 30.3 Å². The van der Waals surface area contributed by atoms with Crippen LogP contribution in [0.25, 0.3) is 11.1 Å². The Labute approximate surface area is 234 Å². The number of carbonyl (C=O) groups excluding carboxylic acids is 2.